The van der Waals surface area contributed by atoms with Crippen LogP contribution in [0.5, 0.6) is 0 Å². The standard InChI is InChI=1S/C31H26ClFN4O4S/c1-19-5-7-25(8-6-19)42(39,40)37-18-27(26-12-22(14-34-31(26)37)36-16-23-13-24(17-36)41-23)20-9-10-35(29(38)11-20)15-21-3-2-4-28(32)30(21)33/h2-12,14,18,23-24H,13,15-17H2,1H3. The van der Waals surface area contributed by atoms with Gasteiger partial charge >= 0.3 is 0 Å². The van der Waals surface area contributed by atoms with E-state index in [1.807, 2.05) is 13.0 Å². The first-order valence-corrected chi connectivity index (χ1v) is 15.4. The third-order valence-electron chi connectivity index (χ3n) is 7.98. The maximum Gasteiger partial charge on any atom is 0.269 e. The molecule has 3 aliphatic rings. The zero-order valence-corrected chi connectivity index (χ0v) is 24.1. The van der Waals surface area contributed by atoms with E-state index in [0.717, 1.165) is 30.8 Å². The molecule has 3 saturated heterocycles. The number of ether oxygens (including phenoxy) is 1. The molecule has 0 aliphatic carbocycles. The third-order valence-corrected chi connectivity index (χ3v) is 9.93. The fourth-order valence-corrected chi connectivity index (χ4v) is 7.22. The first-order valence-electron chi connectivity index (χ1n) is 13.5. The summed E-state index contributed by atoms with van der Waals surface area (Å²) in [5.41, 5.74) is 3.05. The molecule has 2 atom stereocenters. The summed E-state index contributed by atoms with van der Waals surface area (Å²) in [6, 6.07) is 16.4. The molecule has 42 heavy (non-hydrogen) atoms. The second-order valence-electron chi connectivity index (χ2n) is 10.8. The van der Waals surface area contributed by atoms with Crippen LogP contribution in [0, 0.1) is 12.7 Å². The second-order valence-corrected chi connectivity index (χ2v) is 13.1. The maximum absolute atomic E-state index is 14.5. The van der Waals surface area contributed by atoms with E-state index in [-0.39, 0.29) is 45.4 Å². The van der Waals surface area contributed by atoms with E-state index in [2.05, 4.69) is 9.88 Å². The highest BCUT2D eigenvalue weighted by molar-refractivity contribution is 7.90. The molecule has 2 aromatic carbocycles. The van der Waals surface area contributed by atoms with Crippen LogP contribution in [0.25, 0.3) is 22.2 Å². The molecule has 214 valence electrons. The Hall–Kier alpha value is -3.99. The van der Waals surface area contributed by atoms with Gasteiger partial charge < -0.3 is 14.2 Å². The summed E-state index contributed by atoms with van der Waals surface area (Å²) in [4.78, 5) is 20.2. The van der Waals surface area contributed by atoms with E-state index in [4.69, 9.17) is 16.3 Å². The van der Waals surface area contributed by atoms with E-state index in [1.165, 1.54) is 26.9 Å². The lowest BCUT2D eigenvalue weighted by Crippen LogP contribution is -2.57. The lowest BCUT2D eigenvalue weighted by molar-refractivity contribution is -0.133. The SMILES string of the molecule is Cc1ccc(S(=O)(=O)n2cc(-c3ccn(Cc4cccc(Cl)c4F)c(=O)c3)c3cc(N4CC5CC(C4)O5)cnc32)cc1. The highest BCUT2D eigenvalue weighted by Gasteiger charge is 2.38. The van der Waals surface area contributed by atoms with E-state index >= 15 is 0 Å². The van der Waals surface area contributed by atoms with Gasteiger partial charge in [-0.15, -0.1) is 0 Å². The van der Waals surface area contributed by atoms with E-state index < -0.39 is 15.8 Å². The Morgan fingerprint density at radius 3 is 2.52 bits per heavy atom. The molecule has 8 rings (SSSR count). The molecule has 0 N–H and O–H groups in total. The van der Waals surface area contributed by atoms with Crippen molar-refractivity contribution in [2.75, 3.05) is 18.0 Å². The quantitative estimate of drug-likeness (QED) is 0.264. The molecule has 0 amide bonds. The molecule has 3 aliphatic heterocycles. The van der Waals surface area contributed by atoms with Crippen LogP contribution in [0.4, 0.5) is 10.1 Å². The number of fused-ring (bicyclic) bond motifs is 3. The predicted octanol–water partition coefficient (Wildman–Crippen LogP) is 5.23. The fourth-order valence-electron chi connectivity index (χ4n) is 5.70. The Balaban J connectivity index is 1.34. The van der Waals surface area contributed by atoms with Crippen molar-refractivity contribution in [3.8, 4) is 11.1 Å². The number of piperidine rings is 1. The van der Waals surface area contributed by atoms with Gasteiger partial charge in [0.15, 0.2) is 5.65 Å². The summed E-state index contributed by atoms with van der Waals surface area (Å²) < 4.78 is 50.5. The average Bonchev–Trinajstić information content (AvgIpc) is 3.36. The highest BCUT2D eigenvalue weighted by Crippen LogP contribution is 2.36. The van der Waals surface area contributed by atoms with Crippen LogP contribution in [-0.4, -0.2) is 47.2 Å². The molecular formula is C31H26ClFN4O4S. The lowest BCUT2D eigenvalue weighted by atomic mass is 9.98. The van der Waals surface area contributed by atoms with E-state index in [0.29, 0.717) is 16.5 Å². The van der Waals surface area contributed by atoms with Gasteiger partial charge in [0.25, 0.3) is 15.6 Å². The Morgan fingerprint density at radius 1 is 1.07 bits per heavy atom. The Morgan fingerprint density at radius 2 is 1.81 bits per heavy atom. The summed E-state index contributed by atoms with van der Waals surface area (Å²) in [6.07, 6.45) is 6.18. The highest BCUT2D eigenvalue weighted by atomic mass is 35.5. The number of hydrogen-bond donors (Lipinski definition) is 0. The minimum atomic E-state index is -3.99. The van der Waals surface area contributed by atoms with Gasteiger partial charge in [0, 0.05) is 54.5 Å². The minimum absolute atomic E-state index is 0.000136. The van der Waals surface area contributed by atoms with Crippen LogP contribution in [0.3, 0.4) is 0 Å². The molecule has 0 radical (unpaired) electrons. The van der Waals surface area contributed by atoms with Crippen molar-refractivity contribution < 1.29 is 17.5 Å². The molecule has 11 heteroatoms. The number of halogens is 2. The van der Waals surface area contributed by atoms with Crippen molar-refractivity contribution in [1.82, 2.24) is 13.5 Å². The predicted molar refractivity (Wildman–Crippen MR) is 159 cm³/mol. The van der Waals surface area contributed by atoms with Crippen LogP contribution in [0.15, 0.2) is 88.9 Å². The number of rotatable bonds is 6. The van der Waals surface area contributed by atoms with Crippen molar-refractivity contribution in [2.24, 2.45) is 0 Å². The zero-order valence-electron chi connectivity index (χ0n) is 22.6. The van der Waals surface area contributed by atoms with Gasteiger partial charge in [0.2, 0.25) is 0 Å². The topological polar surface area (TPSA) is 86.4 Å². The maximum atomic E-state index is 14.5. The first-order chi connectivity index (χ1) is 20.2. The number of aromatic nitrogens is 3. The molecular weight excluding hydrogens is 579 g/mol. The second kappa shape index (κ2) is 10.1. The summed E-state index contributed by atoms with van der Waals surface area (Å²) >= 11 is 5.92. The number of morpholine rings is 1. The molecule has 3 fully saturated rings. The lowest BCUT2D eigenvalue weighted by Gasteiger charge is -2.47. The smallest absolute Gasteiger partial charge is 0.269 e. The number of hydrogen-bond acceptors (Lipinski definition) is 6. The van der Waals surface area contributed by atoms with Crippen LogP contribution in [-0.2, 0) is 21.3 Å². The van der Waals surface area contributed by atoms with Crippen LogP contribution in [0.2, 0.25) is 5.02 Å². The summed E-state index contributed by atoms with van der Waals surface area (Å²) in [5.74, 6) is -0.570. The molecule has 2 bridgehead atoms. The van der Waals surface area contributed by atoms with Gasteiger partial charge in [-0.3, -0.25) is 4.79 Å². The van der Waals surface area contributed by atoms with Gasteiger partial charge in [-0.2, -0.15) is 0 Å². The van der Waals surface area contributed by atoms with Crippen LogP contribution < -0.4 is 10.5 Å². The number of anilines is 1. The Labute approximate surface area is 246 Å². The van der Waals surface area contributed by atoms with E-state index in [9.17, 15) is 17.6 Å². The van der Waals surface area contributed by atoms with Crippen LogP contribution in [0.1, 0.15) is 17.5 Å². The van der Waals surface area contributed by atoms with E-state index in [1.54, 1.807) is 54.9 Å². The van der Waals surface area contributed by atoms with Crippen molar-refractivity contribution in [2.45, 2.75) is 37.0 Å². The Kier molecular flexibility index (Phi) is 6.45. The van der Waals surface area contributed by atoms with Crippen molar-refractivity contribution in [3.05, 3.63) is 112 Å². The molecule has 5 aromatic rings. The average molecular weight is 605 g/mol. The van der Waals surface area contributed by atoms with Crippen LogP contribution >= 0.6 is 11.6 Å². The number of benzene rings is 2. The van der Waals surface area contributed by atoms with Gasteiger partial charge in [0.1, 0.15) is 5.82 Å². The fraction of sp³-hybridized carbons (Fsp3) is 0.226. The van der Waals surface area contributed by atoms with Crippen molar-refractivity contribution >= 4 is 38.3 Å². The monoisotopic (exact) mass is 604 g/mol. The van der Waals surface area contributed by atoms with Gasteiger partial charge in [-0.25, -0.2) is 21.8 Å². The summed E-state index contributed by atoms with van der Waals surface area (Å²) in [6.45, 7) is 3.36. The number of aryl methyl sites for hydroxylation is 1. The third kappa shape index (κ3) is 4.59. The molecule has 0 spiro atoms. The normalized spacial score (nSPS) is 18.3. The number of pyridine rings is 2. The zero-order chi connectivity index (χ0) is 29.2. The minimum Gasteiger partial charge on any atom is -0.371 e. The van der Waals surface area contributed by atoms with Gasteiger partial charge in [-0.1, -0.05) is 41.4 Å². The van der Waals surface area contributed by atoms with Gasteiger partial charge in [0.05, 0.1) is 40.6 Å². The number of nitrogens with zero attached hydrogens (tertiary/aromatic N) is 4. The molecule has 2 unspecified atom stereocenters. The molecule has 6 heterocycles. The molecule has 8 nitrogen and oxygen atoms in total. The largest absolute Gasteiger partial charge is 0.371 e. The van der Waals surface area contributed by atoms with Crippen molar-refractivity contribution in [1.29, 1.82) is 0 Å². The van der Waals surface area contributed by atoms with Crippen molar-refractivity contribution in [3.63, 3.8) is 0 Å². The first kappa shape index (κ1) is 26.9. The van der Waals surface area contributed by atoms with Gasteiger partial charge in [-0.05, 0) is 42.8 Å². The Bertz CT molecular complexity index is 2010. The molecule has 3 aromatic heterocycles. The summed E-state index contributed by atoms with van der Waals surface area (Å²) in [7, 11) is -3.99. The molecule has 0 saturated carbocycles. The summed E-state index contributed by atoms with van der Waals surface area (Å²) in [5, 5.41) is 0.585.